The fraction of sp³-hybridized carbons (Fsp3) is 0.500. The Morgan fingerprint density at radius 1 is 2.00 bits per heavy atom. The van der Waals surface area contributed by atoms with Crippen molar-refractivity contribution in [2.75, 3.05) is 6.54 Å². The highest BCUT2D eigenvalue weighted by Crippen LogP contribution is 1.51. The lowest BCUT2D eigenvalue weighted by Gasteiger charge is -1.99. The summed E-state index contributed by atoms with van der Waals surface area (Å²) < 4.78 is 2.05. The summed E-state index contributed by atoms with van der Waals surface area (Å²) in [7, 11) is 0. The van der Waals surface area contributed by atoms with Crippen molar-refractivity contribution in [1.82, 2.24) is 4.72 Å². The number of hydrogen-bond donors (Lipinski definition) is 2. The summed E-state index contributed by atoms with van der Waals surface area (Å²) in [6.45, 7) is -0.144. The lowest BCUT2D eigenvalue weighted by Crippen LogP contribution is -2.15. The second-order valence-electron chi connectivity index (χ2n) is 0.715. The molecule has 0 amide bonds. The van der Waals surface area contributed by atoms with Gasteiger partial charge in [-0.25, -0.2) is 0 Å². The number of rotatable bonds is 2. The van der Waals surface area contributed by atoms with E-state index in [0.29, 0.717) is 0 Å². The van der Waals surface area contributed by atoms with Crippen molar-refractivity contribution in [3.8, 4) is 0 Å². The summed E-state index contributed by atoms with van der Waals surface area (Å²) in [5.41, 5.74) is 0. The minimum Gasteiger partial charge on any atom is -0.705 e. The summed E-state index contributed by atoms with van der Waals surface area (Å²) in [6, 6.07) is 0. The zero-order valence-electron chi connectivity index (χ0n) is 2.97. The number of carboxylic acid groups (broad SMARTS) is 1. The van der Waals surface area contributed by atoms with E-state index in [1.54, 1.807) is 0 Å². The molecule has 0 rings (SSSR count). The Balaban J connectivity index is 2.83. The molecule has 0 aromatic heterocycles. The first-order valence-electron chi connectivity index (χ1n) is 1.34. The maximum absolute atomic E-state index is 9.47. The molecule has 0 bridgehead atoms. The third kappa shape index (κ3) is 3.78. The van der Waals surface area contributed by atoms with Gasteiger partial charge in [-0.05, 0) is 0 Å². The van der Waals surface area contributed by atoms with Crippen molar-refractivity contribution in [1.29, 1.82) is 0 Å². The van der Waals surface area contributed by atoms with Crippen molar-refractivity contribution in [2.24, 2.45) is 0 Å². The fourth-order valence-corrected chi connectivity index (χ4v) is 0.185. The molecule has 0 radical (unpaired) electrons. The van der Waals surface area contributed by atoms with Gasteiger partial charge in [0, 0.05) is 0 Å². The van der Waals surface area contributed by atoms with Gasteiger partial charge < -0.3 is 22.6 Å². The highest BCUT2D eigenvalue weighted by Gasteiger charge is 1.82. The summed E-state index contributed by atoms with van der Waals surface area (Å²) in [6.07, 6.45) is 0. The molecule has 0 aliphatic heterocycles. The highest BCUT2D eigenvalue weighted by molar-refractivity contribution is 7.56. The van der Waals surface area contributed by atoms with Gasteiger partial charge in [0.05, 0.1) is 6.54 Å². The molecule has 3 nitrogen and oxygen atoms in total. The molecule has 36 valence electrons. The van der Waals surface area contributed by atoms with Crippen LogP contribution in [0.3, 0.4) is 0 Å². The monoisotopic (exact) mass is 106 g/mol. The Labute approximate surface area is 40.9 Å². The molecule has 0 aliphatic carbocycles. The van der Waals surface area contributed by atoms with Gasteiger partial charge in [0.2, 0.25) is 0 Å². The van der Waals surface area contributed by atoms with E-state index in [1.807, 2.05) is 0 Å². The largest absolute Gasteiger partial charge is 0.705 e. The lowest BCUT2D eigenvalue weighted by atomic mass is 10.7. The molecule has 0 unspecified atom stereocenters. The van der Waals surface area contributed by atoms with Gasteiger partial charge in [-0.15, -0.1) is 0 Å². The van der Waals surface area contributed by atoms with Gasteiger partial charge in [0.1, 0.15) is 0 Å². The highest BCUT2D eigenvalue weighted by atomic mass is 32.1. The predicted molar refractivity (Wildman–Crippen MR) is 23.0 cm³/mol. The molecule has 4 heteroatoms. The number of carbonyl (C=O) groups is 1. The molecule has 0 saturated carbocycles. The third-order valence-corrected chi connectivity index (χ3v) is 0.368. The number of nitrogens with one attached hydrogen (secondary N) is 1. The van der Waals surface area contributed by atoms with E-state index in [-0.39, 0.29) is 6.54 Å². The summed E-state index contributed by atoms with van der Waals surface area (Å²) in [4.78, 5) is 9.47. The molecular formula is C2H4NO2S-. The van der Waals surface area contributed by atoms with Crippen LogP contribution in [0.4, 0.5) is 0 Å². The van der Waals surface area contributed by atoms with Crippen LogP contribution in [-0.2, 0) is 17.6 Å². The van der Waals surface area contributed by atoms with Crippen LogP contribution in [0.5, 0.6) is 0 Å². The summed E-state index contributed by atoms with van der Waals surface area (Å²) in [5.74, 6) is -0.926. The van der Waals surface area contributed by atoms with E-state index in [4.69, 9.17) is 5.11 Å². The van der Waals surface area contributed by atoms with Crippen LogP contribution in [0.15, 0.2) is 0 Å². The summed E-state index contributed by atoms with van der Waals surface area (Å²) in [5, 5.41) is 7.78. The van der Waals surface area contributed by atoms with Gasteiger partial charge in [0.25, 0.3) is 0 Å². The molecule has 0 spiro atoms. The van der Waals surface area contributed by atoms with E-state index >= 15 is 0 Å². The standard InChI is InChI=1S/C2H4NO2S/c4-2(5)1-3-6/h3H,1H2,(H,4,5)/q-1. The van der Waals surface area contributed by atoms with Crippen LogP contribution >= 0.6 is 0 Å². The minimum absolute atomic E-state index is 0.144. The van der Waals surface area contributed by atoms with Gasteiger partial charge >= 0.3 is 5.97 Å². The molecule has 0 fully saturated rings. The molecular weight excluding hydrogens is 102 g/mol. The second kappa shape index (κ2) is 2.99. The zero-order chi connectivity index (χ0) is 4.99. The van der Waals surface area contributed by atoms with Crippen molar-refractivity contribution >= 4 is 18.8 Å². The predicted octanol–water partition coefficient (Wildman–Crippen LogP) is -0.877. The van der Waals surface area contributed by atoms with Gasteiger partial charge in [-0.2, -0.15) is 0 Å². The smallest absolute Gasteiger partial charge is 0.315 e. The Morgan fingerprint density at radius 2 is 2.50 bits per heavy atom. The van der Waals surface area contributed by atoms with Crippen molar-refractivity contribution < 1.29 is 9.90 Å². The zero-order valence-corrected chi connectivity index (χ0v) is 3.79. The average Bonchev–Trinajstić information content (AvgIpc) is 1.35. The first kappa shape index (κ1) is 5.78. The van der Waals surface area contributed by atoms with Crippen molar-refractivity contribution in [2.45, 2.75) is 0 Å². The van der Waals surface area contributed by atoms with E-state index < -0.39 is 5.97 Å². The number of aliphatic carboxylic acids is 1. The Kier molecular flexibility index (Phi) is 2.88. The normalized spacial score (nSPS) is 8.17. The van der Waals surface area contributed by atoms with E-state index in [2.05, 4.69) is 17.5 Å². The van der Waals surface area contributed by atoms with Crippen LogP contribution in [0.1, 0.15) is 0 Å². The third-order valence-electron chi connectivity index (χ3n) is 0.223. The van der Waals surface area contributed by atoms with E-state index in [9.17, 15) is 4.79 Å². The van der Waals surface area contributed by atoms with Crippen molar-refractivity contribution in [3.05, 3.63) is 0 Å². The van der Waals surface area contributed by atoms with Crippen LogP contribution in [0.2, 0.25) is 0 Å². The minimum atomic E-state index is -0.926. The molecule has 0 atom stereocenters. The maximum atomic E-state index is 9.47. The van der Waals surface area contributed by atoms with Crippen LogP contribution < -0.4 is 4.72 Å². The summed E-state index contributed by atoms with van der Waals surface area (Å²) >= 11 is 4.10. The Morgan fingerprint density at radius 3 is 2.50 bits per heavy atom. The van der Waals surface area contributed by atoms with Crippen LogP contribution in [-0.4, -0.2) is 17.6 Å². The molecule has 0 aliphatic rings. The first-order valence-corrected chi connectivity index (χ1v) is 1.75. The molecule has 6 heavy (non-hydrogen) atoms. The molecule has 2 N–H and O–H groups in total. The van der Waals surface area contributed by atoms with Crippen LogP contribution in [0, 0.1) is 0 Å². The topological polar surface area (TPSA) is 49.3 Å². The van der Waals surface area contributed by atoms with E-state index in [1.165, 1.54) is 0 Å². The Bertz CT molecular complexity index is 55.5. The van der Waals surface area contributed by atoms with Crippen molar-refractivity contribution in [3.63, 3.8) is 0 Å². The number of carboxylic acids is 1. The van der Waals surface area contributed by atoms with Gasteiger partial charge in [-0.1, -0.05) is 0 Å². The SMILES string of the molecule is O=C(O)CN[S-]. The molecule has 0 heterocycles. The molecule has 0 aromatic carbocycles. The van der Waals surface area contributed by atoms with Gasteiger partial charge in [-0.3, -0.25) is 4.79 Å². The quantitative estimate of drug-likeness (QED) is 0.449. The maximum Gasteiger partial charge on any atom is 0.315 e. The second-order valence-corrected chi connectivity index (χ2v) is 1.00. The van der Waals surface area contributed by atoms with Crippen LogP contribution in [0.25, 0.3) is 0 Å². The number of hydrogen-bond acceptors (Lipinski definition) is 3. The Hall–Kier alpha value is -0.220. The molecule has 0 saturated heterocycles. The molecule has 0 aromatic rings. The van der Waals surface area contributed by atoms with Gasteiger partial charge in [0.15, 0.2) is 0 Å². The lowest BCUT2D eigenvalue weighted by molar-refractivity contribution is -0.135. The van der Waals surface area contributed by atoms with E-state index in [0.717, 1.165) is 0 Å². The fourth-order valence-electron chi connectivity index (χ4n) is 0.0617. The average molecular weight is 106 g/mol. The first-order chi connectivity index (χ1) is 2.77.